The summed E-state index contributed by atoms with van der Waals surface area (Å²) in [7, 11) is 1.58. The van der Waals surface area contributed by atoms with Crippen molar-refractivity contribution >= 4 is 40.9 Å². The number of ether oxygens (including phenoxy) is 1. The summed E-state index contributed by atoms with van der Waals surface area (Å²) in [6, 6.07) is 12.3. The number of amides is 1. The van der Waals surface area contributed by atoms with Gasteiger partial charge in [-0.25, -0.2) is 0 Å². The van der Waals surface area contributed by atoms with Gasteiger partial charge in [0.25, 0.3) is 0 Å². The maximum Gasteiger partial charge on any atom is 0.248 e. The van der Waals surface area contributed by atoms with Crippen LogP contribution >= 0.6 is 23.2 Å². The Bertz CT molecular complexity index is 684. The molecule has 1 N–H and O–H groups in total. The van der Waals surface area contributed by atoms with E-state index in [1.165, 1.54) is 6.08 Å². The molecule has 0 aliphatic carbocycles. The molecule has 2 aromatic carbocycles. The Hall–Kier alpha value is -1.97. The molecule has 5 heteroatoms. The van der Waals surface area contributed by atoms with Gasteiger partial charge in [-0.3, -0.25) is 4.79 Å². The van der Waals surface area contributed by atoms with Crippen LogP contribution in [0.4, 0.5) is 5.69 Å². The van der Waals surface area contributed by atoms with Gasteiger partial charge >= 0.3 is 0 Å². The SMILES string of the molecule is COc1ccccc1C=CC(=O)Nc1ccc(Cl)cc1Cl. The van der Waals surface area contributed by atoms with E-state index in [2.05, 4.69) is 5.32 Å². The summed E-state index contributed by atoms with van der Waals surface area (Å²) in [5.41, 5.74) is 1.33. The second kappa shape index (κ2) is 7.16. The highest BCUT2D eigenvalue weighted by atomic mass is 35.5. The van der Waals surface area contributed by atoms with E-state index in [4.69, 9.17) is 27.9 Å². The predicted octanol–water partition coefficient (Wildman–Crippen LogP) is 4.65. The van der Waals surface area contributed by atoms with Gasteiger partial charge in [-0.2, -0.15) is 0 Å². The van der Waals surface area contributed by atoms with Crippen LogP contribution in [0, 0.1) is 0 Å². The molecule has 108 valence electrons. The lowest BCUT2D eigenvalue weighted by atomic mass is 10.2. The molecular weight excluding hydrogens is 309 g/mol. The van der Waals surface area contributed by atoms with Gasteiger partial charge in [0, 0.05) is 16.7 Å². The third-order valence-electron chi connectivity index (χ3n) is 2.74. The smallest absolute Gasteiger partial charge is 0.248 e. The van der Waals surface area contributed by atoms with Crippen molar-refractivity contribution in [2.24, 2.45) is 0 Å². The van der Waals surface area contributed by atoms with Crippen molar-refractivity contribution in [1.82, 2.24) is 0 Å². The van der Waals surface area contributed by atoms with E-state index < -0.39 is 0 Å². The minimum atomic E-state index is -0.287. The number of hydrogen-bond donors (Lipinski definition) is 1. The maximum absolute atomic E-state index is 11.9. The number of hydrogen-bond acceptors (Lipinski definition) is 2. The van der Waals surface area contributed by atoms with Crippen molar-refractivity contribution in [2.75, 3.05) is 12.4 Å². The van der Waals surface area contributed by atoms with Crippen LogP contribution in [0.15, 0.2) is 48.5 Å². The zero-order valence-corrected chi connectivity index (χ0v) is 12.8. The monoisotopic (exact) mass is 321 g/mol. The lowest BCUT2D eigenvalue weighted by molar-refractivity contribution is -0.111. The molecule has 0 heterocycles. The summed E-state index contributed by atoms with van der Waals surface area (Å²) in [4.78, 5) is 11.9. The topological polar surface area (TPSA) is 38.3 Å². The standard InChI is InChI=1S/C16H13Cl2NO2/c1-21-15-5-3-2-4-11(15)6-9-16(20)19-14-8-7-12(17)10-13(14)18/h2-10H,1H3,(H,19,20). The molecule has 0 fully saturated rings. The number of methoxy groups -OCH3 is 1. The minimum Gasteiger partial charge on any atom is -0.496 e. The fourth-order valence-electron chi connectivity index (χ4n) is 1.73. The highest BCUT2D eigenvalue weighted by molar-refractivity contribution is 6.36. The number of rotatable bonds is 4. The molecule has 3 nitrogen and oxygen atoms in total. The Morgan fingerprint density at radius 3 is 2.67 bits per heavy atom. The zero-order chi connectivity index (χ0) is 15.2. The average Bonchev–Trinajstić information content (AvgIpc) is 2.48. The third-order valence-corrected chi connectivity index (χ3v) is 3.29. The summed E-state index contributed by atoms with van der Waals surface area (Å²) in [5, 5.41) is 3.59. The van der Waals surface area contributed by atoms with Gasteiger partial charge in [0.05, 0.1) is 17.8 Å². The van der Waals surface area contributed by atoms with Crippen LogP contribution in [-0.2, 0) is 4.79 Å². The minimum absolute atomic E-state index is 0.287. The molecule has 2 rings (SSSR count). The van der Waals surface area contributed by atoms with Crippen LogP contribution in [0.3, 0.4) is 0 Å². The first-order valence-electron chi connectivity index (χ1n) is 6.17. The Morgan fingerprint density at radius 2 is 1.95 bits per heavy atom. The van der Waals surface area contributed by atoms with Crippen molar-refractivity contribution in [3.63, 3.8) is 0 Å². The largest absolute Gasteiger partial charge is 0.496 e. The van der Waals surface area contributed by atoms with Crippen molar-refractivity contribution in [3.8, 4) is 5.75 Å². The summed E-state index contributed by atoms with van der Waals surface area (Å²) < 4.78 is 5.21. The number of nitrogens with one attached hydrogen (secondary N) is 1. The molecule has 0 spiro atoms. The van der Waals surface area contributed by atoms with Gasteiger partial charge in [0.15, 0.2) is 0 Å². The average molecular weight is 322 g/mol. The molecule has 0 saturated carbocycles. The first-order valence-corrected chi connectivity index (χ1v) is 6.93. The highest BCUT2D eigenvalue weighted by Crippen LogP contribution is 2.25. The van der Waals surface area contributed by atoms with Gasteiger partial charge in [-0.05, 0) is 30.3 Å². The molecule has 0 radical (unpaired) electrons. The number of halogens is 2. The maximum atomic E-state index is 11.9. The van der Waals surface area contributed by atoms with Crippen molar-refractivity contribution in [1.29, 1.82) is 0 Å². The molecule has 0 atom stereocenters. The molecule has 0 aliphatic rings. The molecule has 0 aromatic heterocycles. The number of carbonyl (C=O) groups is 1. The van der Waals surface area contributed by atoms with Crippen LogP contribution in [0.1, 0.15) is 5.56 Å². The highest BCUT2D eigenvalue weighted by Gasteiger charge is 2.04. The van der Waals surface area contributed by atoms with E-state index in [9.17, 15) is 4.79 Å². The van der Waals surface area contributed by atoms with Gasteiger partial charge < -0.3 is 10.1 Å². The molecule has 0 unspecified atom stereocenters. The summed E-state index contributed by atoms with van der Waals surface area (Å²) >= 11 is 11.8. The molecule has 0 aliphatic heterocycles. The van der Waals surface area contributed by atoms with E-state index in [0.29, 0.717) is 21.5 Å². The summed E-state index contributed by atoms with van der Waals surface area (Å²) in [6.45, 7) is 0. The van der Waals surface area contributed by atoms with Crippen LogP contribution in [0.5, 0.6) is 5.75 Å². The molecule has 2 aromatic rings. The van der Waals surface area contributed by atoms with E-state index in [1.54, 1.807) is 31.4 Å². The second-order valence-corrected chi connectivity index (χ2v) is 5.03. The molecule has 0 saturated heterocycles. The number of anilines is 1. The van der Waals surface area contributed by atoms with Crippen LogP contribution in [0.2, 0.25) is 10.0 Å². The molecular formula is C16H13Cl2NO2. The molecule has 1 amide bonds. The van der Waals surface area contributed by atoms with Gasteiger partial charge in [0.1, 0.15) is 5.75 Å². The van der Waals surface area contributed by atoms with E-state index >= 15 is 0 Å². The molecule has 21 heavy (non-hydrogen) atoms. The lowest BCUT2D eigenvalue weighted by Gasteiger charge is -2.06. The van der Waals surface area contributed by atoms with Crippen molar-refractivity contribution < 1.29 is 9.53 Å². The Kier molecular flexibility index (Phi) is 5.26. The quantitative estimate of drug-likeness (QED) is 0.832. The number of benzene rings is 2. The van der Waals surface area contributed by atoms with E-state index in [1.807, 2.05) is 24.3 Å². The van der Waals surface area contributed by atoms with Gasteiger partial charge in [-0.1, -0.05) is 41.4 Å². The van der Waals surface area contributed by atoms with Crippen LogP contribution < -0.4 is 10.1 Å². The molecule has 0 bridgehead atoms. The predicted molar refractivity (Wildman–Crippen MR) is 87.1 cm³/mol. The normalized spacial score (nSPS) is 10.6. The Labute approximate surface area is 133 Å². The number of para-hydroxylation sites is 1. The second-order valence-electron chi connectivity index (χ2n) is 4.19. The first-order chi connectivity index (χ1) is 10.1. The van der Waals surface area contributed by atoms with Crippen LogP contribution in [-0.4, -0.2) is 13.0 Å². The van der Waals surface area contributed by atoms with Crippen molar-refractivity contribution in [3.05, 3.63) is 64.1 Å². The van der Waals surface area contributed by atoms with Gasteiger partial charge in [-0.15, -0.1) is 0 Å². The Morgan fingerprint density at radius 1 is 1.19 bits per heavy atom. The summed E-state index contributed by atoms with van der Waals surface area (Å²) in [5.74, 6) is 0.413. The van der Waals surface area contributed by atoms with Crippen LogP contribution in [0.25, 0.3) is 6.08 Å². The van der Waals surface area contributed by atoms with Gasteiger partial charge in [0.2, 0.25) is 5.91 Å². The fraction of sp³-hybridized carbons (Fsp3) is 0.0625. The van der Waals surface area contributed by atoms with E-state index in [0.717, 1.165) is 5.56 Å². The first kappa shape index (κ1) is 15.4. The zero-order valence-electron chi connectivity index (χ0n) is 11.3. The summed E-state index contributed by atoms with van der Waals surface area (Å²) in [6.07, 6.45) is 3.10. The van der Waals surface area contributed by atoms with E-state index in [-0.39, 0.29) is 5.91 Å². The third kappa shape index (κ3) is 4.25. The Balaban J connectivity index is 2.09. The fourth-order valence-corrected chi connectivity index (χ4v) is 2.19. The van der Waals surface area contributed by atoms with Crippen molar-refractivity contribution in [2.45, 2.75) is 0 Å². The number of carbonyl (C=O) groups excluding carboxylic acids is 1. The lowest BCUT2D eigenvalue weighted by Crippen LogP contribution is -2.08.